The molecule has 230 valence electrons. The Morgan fingerprint density at radius 2 is 1.45 bits per heavy atom. The molecule has 2 amide bonds. The Bertz CT molecular complexity index is 1170. The molecule has 0 radical (unpaired) electrons. The number of hydrogen-bond acceptors (Lipinski definition) is 5. The minimum absolute atomic E-state index is 0.0320. The minimum atomic E-state index is -5.08. The lowest BCUT2D eigenvalue weighted by Crippen LogP contribution is -2.54. The molecule has 0 unspecified atom stereocenters. The van der Waals surface area contributed by atoms with Crippen LogP contribution in [-0.2, 0) is 21.5 Å². The second kappa shape index (κ2) is 14.6. The van der Waals surface area contributed by atoms with Crippen LogP contribution in [0.2, 0.25) is 0 Å². The van der Waals surface area contributed by atoms with E-state index in [-0.39, 0.29) is 29.8 Å². The van der Waals surface area contributed by atoms with Gasteiger partial charge in [-0.2, -0.15) is 13.2 Å². The predicted octanol–water partition coefficient (Wildman–Crippen LogP) is 4.16. The van der Waals surface area contributed by atoms with Gasteiger partial charge in [0.15, 0.2) is 0 Å². The molecule has 42 heavy (non-hydrogen) atoms. The summed E-state index contributed by atoms with van der Waals surface area (Å²) in [6, 6.07) is 18.5. The maximum Gasteiger partial charge on any atom is 0.490 e. The van der Waals surface area contributed by atoms with Gasteiger partial charge in [-0.1, -0.05) is 63.2 Å². The Balaban J connectivity index is 0.000000616. The molecule has 2 N–H and O–H groups in total. The number of carbonyl (C=O) groups excluding carboxylic acids is 2. The van der Waals surface area contributed by atoms with Crippen LogP contribution in [0.5, 0.6) is 0 Å². The van der Waals surface area contributed by atoms with Gasteiger partial charge >= 0.3 is 12.1 Å². The minimum Gasteiger partial charge on any atom is -0.475 e. The van der Waals surface area contributed by atoms with Gasteiger partial charge in [-0.25, -0.2) is 4.79 Å². The molecular formula is C31H41F3N4O4. The highest BCUT2D eigenvalue weighted by Gasteiger charge is 2.38. The number of hydrogen-bond donors (Lipinski definition) is 2. The van der Waals surface area contributed by atoms with Crippen molar-refractivity contribution in [1.82, 2.24) is 20.0 Å². The Kier molecular flexibility index (Phi) is 11.5. The van der Waals surface area contributed by atoms with Crippen molar-refractivity contribution in [3.05, 3.63) is 71.3 Å². The number of benzene rings is 2. The van der Waals surface area contributed by atoms with E-state index in [1.807, 2.05) is 40.1 Å². The summed E-state index contributed by atoms with van der Waals surface area (Å²) in [6.07, 6.45) is -3.32. The number of halogens is 3. The molecule has 2 aliphatic rings. The number of aliphatic carboxylic acids is 1. The first-order chi connectivity index (χ1) is 19.8. The topological polar surface area (TPSA) is 93.2 Å². The maximum absolute atomic E-state index is 13.7. The molecule has 0 spiro atoms. The zero-order valence-electron chi connectivity index (χ0n) is 24.5. The van der Waals surface area contributed by atoms with Gasteiger partial charge in [-0.3, -0.25) is 14.5 Å². The zero-order valence-corrected chi connectivity index (χ0v) is 24.5. The lowest BCUT2D eigenvalue weighted by Gasteiger charge is -2.39. The Morgan fingerprint density at radius 1 is 0.905 bits per heavy atom. The van der Waals surface area contributed by atoms with E-state index in [1.54, 1.807) is 0 Å². The van der Waals surface area contributed by atoms with E-state index < -0.39 is 12.1 Å². The summed E-state index contributed by atoms with van der Waals surface area (Å²) in [5.41, 5.74) is 3.21. The standard InChI is InChI=1S/C29H40N4O2.C2HF3O2/c1-29(2,3)25-11-9-24(10-12-25)28(35)33(22-27(34)32-19-15-30-16-20-32)26-13-17-31(18-14-26)21-23-7-5-4-6-8-23;3-2(4,5)1(6)7/h4-12,26,30H,13-22H2,1-3H3;(H,6,7). The lowest BCUT2D eigenvalue weighted by molar-refractivity contribution is -0.192. The molecule has 2 aromatic rings. The van der Waals surface area contributed by atoms with Crippen LogP contribution >= 0.6 is 0 Å². The summed E-state index contributed by atoms with van der Waals surface area (Å²) < 4.78 is 31.7. The summed E-state index contributed by atoms with van der Waals surface area (Å²) in [6.45, 7) is 12.5. The van der Waals surface area contributed by atoms with Gasteiger partial charge in [0.25, 0.3) is 5.91 Å². The van der Waals surface area contributed by atoms with Gasteiger partial charge in [-0.05, 0) is 41.5 Å². The quantitative estimate of drug-likeness (QED) is 0.525. The molecule has 0 aliphatic carbocycles. The average Bonchev–Trinajstić information content (AvgIpc) is 2.96. The van der Waals surface area contributed by atoms with Crippen molar-refractivity contribution >= 4 is 17.8 Å². The highest BCUT2D eigenvalue weighted by molar-refractivity contribution is 5.96. The van der Waals surface area contributed by atoms with Crippen molar-refractivity contribution in [3.63, 3.8) is 0 Å². The molecule has 11 heteroatoms. The average molecular weight is 591 g/mol. The van der Waals surface area contributed by atoms with Gasteiger partial charge in [0.2, 0.25) is 5.91 Å². The number of piperidine rings is 1. The number of nitrogens with zero attached hydrogens (tertiary/aromatic N) is 3. The monoisotopic (exact) mass is 590 g/mol. The molecule has 2 fully saturated rings. The predicted molar refractivity (Wildman–Crippen MR) is 154 cm³/mol. The van der Waals surface area contributed by atoms with Gasteiger partial charge < -0.3 is 20.2 Å². The Labute approximate surface area is 245 Å². The normalized spacial score (nSPS) is 16.8. The van der Waals surface area contributed by atoms with Crippen molar-refractivity contribution in [2.45, 2.75) is 57.8 Å². The van der Waals surface area contributed by atoms with Gasteiger partial charge in [-0.15, -0.1) is 0 Å². The maximum atomic E-state index is 13.7. The van der Waals surface area contributed by atoms with Crippen molar-refractivity contribution in [2.75, 3.05) is 45.8 Å². The first-order valence-electron chi connectivity index (χ1n) is 14.2. The first-order valence-corrected chi connectivity index (χ1v) is 14.2. The van der Waals surface area contributed by atoms with Crippen LogP contribution < -0.4 is 5.32 Å². The molecule has 0 atom stereocenters. The van der Waals surface area contributed by atoms with Gasteiger partial charge in [0.1, 0.15) is 6.54 Å². The molecule has 0 saturated carbocycles. The number of carboxylic acids is 1. The van der Waals surface area contributed by atoms with E-state index in [0.717, 1.165) is 45.6 Å². The fraction of sp³-hybridized carbons (Fsp3) is 0.516. The molecule has 0 bridgehead atoms. The third-order valence-corrected chi connectivity index (χ3v) is 7.52. The van der Waals surface area contributed by atoms with Gasteiger partial charge in [0, 0.05) is 57.4 Å². The van der Waals surface area contributed by atoms with Crippen LogP contribution in [0, 0.1) is 0 Å². The fourth-order valence-electron chi connectivity index (χ4n) is 5.04. The van der Waals surface area contributed by atoms with Crippen LogP contribution in [0.15, 0.2) is 54.6 Å². The zero-order chi connectivity index (χ0) is 30.9. The van der Waals surface area contributed by atoms with Crippen LogP contribution in [0.25, 0.3) is 0 Å². The second-order valence-electron chi connectivity index (χ2n) is 11.7. The van der Waals surface area contributed by atoms with E-state index in [9.17, 15) is 22.8 Å². The number of carbonyl (C=O) groups is 3. The van der Waals surface area contributed by atoms with Gasteiger partial charge in [0.05, 0.1) is 0 Å². The van der Waals surface area contributed by atoms with E-state index in [2.05, 4.69) is 55.3 Å². The number of carboxylic acid groups (broad SMARTS) is 1. The molecular weight excluding hydrogens is 549 g/mol. The van der Waals surface area contributed by atoms with E-state index in [4.69, 9.17) is 9.90 Å². The van der Waals surface area contributed by atoms with E-state index >= 15 is 0 Å². The smallest absolute Gasteiger partial charge is 0.475 e. The number of amides is 2. The highest BCUT2D eigenvalue weighted by atomic mass is 19.4. The summed E-state index contributed by atoms with van der Waals surface area (Å²) in [5.74, 6) is -2.74. The molecule has 0 aromatic heterocycles. The molecule has 2 aliphatic heterocycles. The summed E-state index contributed by atoms with van der Waals surface area (Å²) >= 11 is 0. The van der Waals surface area contributed by atoms with Crippen LogP contribution in [-0.4, -0.2) is 95.6 Å². The van der Waals surface area contributed by atoms with Crippen molar-refractivity contribution in [2.24, 2.45) is 0 Å². The summed E-state index contributed by atoms with van der Waals surface area (Å²) in [7, 11) is 0. The summed E-state index contributed by atoms with van der Waals surface area (Å²) in [4.78, 5) is 42.0. The molecule has 2 heterocycles. The van der Waals surface area contributed by atoms with Crippen LogP contribution in [0.3, 0.4) is 0 Å². The molecule has 4 rings (SSSR count). The van der Waals surface area contributed by atoms with Crippen molar-refractivity contribution < 1.29 is 32.7 Å². The fourth-order valence-corrected chi connectivity index (χ4v) is 5.04. The van der Waals surface area contributed by atoms with Crippen molar-refractivity contribution in [1.29, 1.82) is 0 Å². The lowest BCUT2D eigenvalue weighted by atomic mass is 9.86. The first kappa shape index (κ1) is 33.1. The number of alkyl halides is 3. The molecule has 2 saturated heterocycles. The third-order valence-electron chi connectivity index (χ3n) is 7.52. The van der Waals surface area contributed by atoms with E-state index in [0.29, 0.717) is 18.7 Å². The molecule has 8 nitrogen and oxygen atoms in total. The second-order valence-corrected chi connectivity index (χ2v) is 11.7. The Hall–Kier alpha value is -3.44. The SMILES string of the molecule is CC(C)(C)c1ccc(C(=O)N(CC(=O)N2CCNCC2)C2CCN(Cc3ccccc3)CC2)cc1.O=C(O)C(F)(F)F. The summed E-state index contributed by atoms with van der Waals surface area (Å²) in [5, 5.41) is 10.4. The number of nitrogens with one attached hydrogen (secondary N) is 1. The highest BCUT2D eigenvalue weighted by Crippen LogP contribution is 2.25. The van der Waals surface area contributed by atoms with Crippen LogP contribution in [0.4, 0.5) is 13.2 Å². The largest absolute Gasteiger partial charge is 0.490 e. The van der Waals surface area contributed by atoms with Crippen molar-refractivity contribution in [3.8, 4) is 0 Å². The molecule has 2 aromatic carbocycles. The third kappa shape index (κ3) is 9.84. The number of likely N-dealkylation sites (tertiary alicyclic amines) is 1. The van der Waals surface area contributed by atoms with Crippen LogP contribution in [0.1, 0.15) is 55.1 Å². The number of rotatable bonds is 6. The Morgan fingerprint density at radius 3 is 1.95 bits per heavy atom. The number of piperazine rings is 1. The van der Waals surface area contributed by atoms with E-state index in [1.165, 1.54) is 11.1 Å².